The maximum absolute atomic E-state index is 12.4. The molecule has 122 valence electrons. The number of imide groups is 1. The first-order valence-electron chi connectivity index (χ1n) is 7.34. The molecule has 1 atom stereocenters. The lowest BCUT2D eigenvalue weighted by atomic mass is 9.94. The van der Waals surface area contributed by atoms with E-state index in [0.717, 1.165) is 4.90 Å². The van der Waals surface area contributed by atoms with Crippen LogP contribution >= 0.6 is 11.6 Å². The summed E-state index contributed by atoms with van der Waals surface area (Å²) in [7, 11) is 1.46. The van der Waals surface area contributed by atoms with Gasteiger partial charge < -0.3 is 0 Å². The number of benzene rings is 1. The normalized spacial score (nSPS) is 19.0. The monoisotopic (exact) mass is 334 g/mol. The molecular formula is C17H19ClN2O3. The van der Waals surface area contributed by atoms with E-state index in [1.807, 2.05) is 13.8 Å². The zero-order valence-corrected chi connectivity index (χ0v) is 14.1. The number of nitrogens with zero attached hydrogens (tertiary/aromatic N) is 1. The summed E-state index contributed by atoms with van der Waals surface area (Å²) in [6, 6.07) is 6.91. The van der Waals surface area contributed by atoms with E-state index in [2.05, 4.69) is 5.48 Å². The van der Waals surface area contributed by atoms with Crippen molar-refractivity contribution in [3.05, 3.63) is 52.6 Å². The van der Waals surface area contributed by atoms with Gasteiger partial charge in [-0.15, -0.1) is 0 Å². The molecule has 1 aromatic rings. The van der Waals surface area contributed by atoms with Gasteiger partial charge in [0.05, 0.1) is 5.69 Å². The number of anilines is 1. The lowest BCUT2D eigenvalue weighted by Crippen LogP contribution is -2.48. The number of allylic oxidation sites excluding steroid dienone is 1. The standard InChI is InChI=1S/C17H19ClN2O3/c1-4-6-14-13(5-2)16(21)20(3)17(22)15(14)23-19-12-9-7-11(18)8-10-12/h4,6-10,15,19H,5H2,1-3H3/b6-4-. The van der Waals surface area contributed by atoms with Gasteiger partial charge in [-0.25, -0.2) is 0 Å². The number of carbonyl (C=O) groups excluding carboxylic acids is 2. The Morgan fingerprint density at radius 3 is 2.52 bits per heavy atom. The maximum Gasteiger partial charge on any atom is 0.265 e. The van der Waals surface area contributed by atoms with Crippen molar-refractivity contribution in [1.29, 1.82) is 0 Å². The number of halogens is 1. The highest BCUT2D eigenvalue weighted by Gasteiger charge is 2.38. The molecule has 0 bridgehead atoms. The highest BCUT2D eigenvalue weighted by Crippen LogP contribution is 2.26. The summed E-state index contributed by atoms with van der Waals surface area (Å²) >= 11 is 5.84. The molecule has 0 saturated heterocycles. The van der Waals surface area contributed by atoms with Crippen LogP contribution in [0.25, 0.3) is 0 Å². The van der Waals surface area contributed by atoms with Gasteiger partial charge in [-0.2, -0.15) is 0 Å². The first-order valence-corrected chi connectivity index (χ1v) is 7.72. The average molecular weight is 335 g/mol. The predicted octanol–water partition coefficient (Wildman–Crippen LogP) is 3.33. The smallest absolute Gasteiger partial charge is 0.265 e. The van der Waals surface area contributed by atoms with Gasteiger partial charge in [0.2, 0.25) is 0 Å². The lowest BCUT2D eigenvalue weighted by Gasteiger charge is -2.30. The van der Waals surface area contributed by atoms with E-state index in [4.69, 9.17) is 16.4 Å². The van der Waals surface area contributed by atoms with Crippen LogP contribution < -0.4 is 5.48 Å². The second-order valence-corrected chi connectivity index (χ2v) is 5.53. The fourth-order valence-corrected chi connectivity index (χ4v) is 2.50. The van der Waals surface area contributed by atoms with Crippen LogP contribution in [0.1, 0.15) is 20.3 Å². The highest BCUT2D eigenvalue weighted by molar-refractivity contribution is 6.30. The number of rotatable bonds is 5. The number of amides is 2. The molecule has 2 amide bonds. The summed E-state index contributed by atoms with van der Waals surface area (Å²) in [6.07, 6.45) is 3.18. The van der Waals surface area contributed by atoms with E-state index in [-0.39, 0.29) is 5.91 Å². The van der Waals surface area contributed by atoms with Crippen LogP contribution in [0.4, 0.5) is 5.69 Å². The number of hydrogen-bond donors (Lipinski definition) is 1. The van der Waals surface area contributed by atoms with E-state index in [1.54, 1.807) is 36.4 Å². The van der Waals surface area contributed by atoms with Crippen molar-refractivity contribution in [2.24, 2.45) is 0 Å². The Balaban J connectivity index is 2.29. The molecule has 0 aliphatic carbocycles. The number of likely N-dealkylation sites (N-methyl/N-ethyl adjacent to an activating group) is 1. The third kappa shape index (κ3) is 3.63. The number of hydrogen-bond acceptors (Lipinski definition) is 4. The van der Waals surface area contributed by atoms with Gasteiger partial charge in [-0.1, -0.05) is 30.7 Å². The molecule has 1 heterocycles. The van der Waals surface area contributed by atoms with E-state index in [0.29, 0.717) is 28.3 Å². The Morgan fingerprint density at radius 2 is 1.96 bits per heavy atom. The van der Waals surface area contributed by atoms with Crippen LogP contribution in [0.2, 0.25) is 5.02 Å². The van der Waals surface area contributed by atoms with E-state index in [9.17, 15) is 9.59 Å². The first kappa shape index (κ1) is 17.2. The molecule has 0 saturated carbocycles. The largest absolute Gasteiger partial charge is 0.279 e. The summed E-state index contributed by atoms with van der Waals surface area (Å²) in [5.74, 6) is -0.682. The minimum atomic E-state index is -0.875. The minimum absolute atomic E-state index is 0.281. The van der Waals surface area contributed by atoms with E-state index >= 15 is 0 Å². The van der Waals surface area contributed by atoms with Crippen LogP contribution in [-0.4, -0.2) is 29.9 Å². The summed E-state index contributed by atoms with van der Waals surface area (Å²) in [4.78, 5) is 31.3. The molecule has 1 unspecified atom stereocenters. The minimum Gasteiger partial charge on any atom is -0.279 e. The molecule has 0 fully saturated rings. The zero-order chi connectivity index (χ0) is 17.0. The van der Waals surface area contributed by atoms with Crippen molar-refractivity contribution >= 4 is 29.1 Å². The Labute approximate surface area is 140 Å². The zero-order valence-electron chi connectivity index (χ0n) is 13.3. The van der Waals surface area contributed by atoms with Gasteiger partial charge in [0.1, 0.15) is 0 Å². The van der Waals surface area contributed by atoms with Gasteiger partial charge in [0.25, 0.3) is 11.8 Å². The van der Waals surface area contributed by atoms with Gasteiger partial charge in [0, 0.05) is 23.2 Å². The maximum atomic E-state index is 12.4. The molecule has 0 radical (unpaired) electrons. The second kappa shape index (κ2) is 7.44. The molecule has 1 N–H and O–H groups in total. The Kier molecular flexibility index (Phi) is 5.58. The summed E-state index contributed by atoms with van der Waals surface area (Å²) in [5.41, 5.74) is 4.59. The van der Waals surface area contributed by atoms with Crippen LogP contribution in [0.3, 0.4) is 0 Å². The van der Waals surface area contributed by atoms with Crippen molar-refractivity contribution in [1.82, 2.24) is 4.90 Å². The molecular weight excluding hydrogens is 316 g/mol. The molecule has 6 heteroatoms. The van der Waals surface area contributed by atoms with Gasteiger partial charge in [-0.05, 0) is 37.6 Å². The van der Waals surface area contributed by atoms with Crippen molar-refractivity contribution in [2.75, 3.05) is 12.5 Å². The fourth-order valence-electron chi connectivity index (χ4n) is 2.37. The van der Waals surface area contributed by atoms with Crippen LogP contribution in [0.5, 0.6) is 0 Å². The van der Waals surface area contributed by atoms with Gasteiger partial charge in [-0.3, -0.25) is 24.8 Å². The summed E-state index contributed by atoms with van der Waals surface area (Å²) in [6.45, 7) is 3.71. The second-order valence-electron chi connectivity index (χ2n) is 5.10. The molecule has 1 aliphatic rings. The van der Waals surface area contributed by atoms with Gasteiger partial charge in [0.15, 0.2) is 6.10 Å². The number of carbonyl (C=O) groups is 2. The first-order chi connectivity index (χ1) is 11.0. The van der Waals surface area contributed by atoms with Crippen LogP contribution in [0.15, 0.2) is 47.6 Å². The third-order valence-electron chi connectivity index (χ3n) is 3.59. The van der Waals surface area contributed by atoms with Crippen molar-refractivity contribution in [3.8, 4) is 0 Å². The lowest BCUT2D eigenvalue weighted by molar-refractivity contribution is -0.148. The Morgan fingerprint density at radius 1 is 1.30 bits per heavy atom. The molecule has 2 rings (SSSR count). The van der Waals surface area contributed by atoms with Crippen LogP contribution in [-0.2, 0) is 14.4 Å². The average Bonchev–Trinajstić information content (AvgIpc) is 2.55. The number of nitrogens with one attached hydrogen (secondary N) is 1. The molecule has 1 aliphatic heterocycles. The van der Waals surface area contributed by atoms with Crippen molar-refractivity contribution in [2.45, 2.75) is 26.4 Å². The van der Waals surface area contributed by atoms with Crippen LogP contribution in [0, 0.1) is 0 Å². The highest BCUT2D eigenvalue weighted by atomic mass is 35.5. The Bertz CT molecular complexity index is 665. The predicted molar refractivity (Wildman–Crippen MR) is 89.9 cm³/mol. The molecule has 5 nitrogen and oxygen atoms in total. The SMILES string of the molecule is C/C=C\C1=C(CC)C(=O)N(C)C(=O)C1ONc1ccc(Cl)cc1. The Hall–Kier alpha value is -2.11. The topological polar surface area (TPSA) is 58.6 Å². The molecule has 1 aromatic carbocycles. The molecule has 0 spiro atoms. The fraction of sp³-hybridized carbons (Fsp3) is 0.294. The van der Waals surface area contributed by atoms with E-state index in [1.165, 1.54) is 7.05 Å². The van der Waals surface area contributed by atoms with Crippen molar-refractivity contribution < 1.29 is 14.4 Å². The summed E-state index contributed by atoms with van der Waals surface area (Å²) < 4.78 is 0. The van der Waals surface area contributed by atoms with Gasteiger partial charge >= 0.3 is 0 Å². The van der Waals surface area contributed by atoms with E-state index < -0.39 is 12.0 Å². The quantitative estimate of drug-likeness (QED) is 0.663. The van der Waals surface area contributed by atoms with Crippen molar-refractivity contribution in [3.63, 3.8) is 0 Å². The third-order valence-corrected chi connectivity index (χ3v) is 3.84. The summed E-state index contributed by atoms with van der Waals surface area (Å²) in [5, 5.41) is 0.609. The molecule has 0 aromatic heterocycles. The molecule has 23 heavy (non-hydrogen) atoms.